The zero-order valence-corrected chi connectivity index (χ0v) is 18.4. The van der Waals surface area contributed by atoms with Gasteiger partial charge in [0.05, 0.1) is 24.8 Å². The first-order valence-corrected chi connectivity index (χ1v) is 10.9. The third kappa shape index (κ3) is 4.97. The molecule has 1 amide bonds. The smallest absolute Gasteiger partial charge is 0.295 e. The first-order chi connectivity index (χ1) is 16.1. The number of ketones is 1. The van der Waals surface area contributed by atoms with E-state index in [-0.39, 0.29) is 11.3 Å². The van der Waals surface area contributed by atoms with Gasteiger partial charge in [-0.2, -0.15) is 0 Å². The molecule has 1 atom stereocenters. The molecule has 8 heteroatoms. The van der Waals surface area contributed by atoms with Crippen LogP contribution in [0.25, 0.3) is 5.76 Å². The van der Waals surface area contributed by atoms with E-state index in [4.69, 9.17) is 9.47 Å². The summed E-state index contributed by atoms with van der Waals surface area (Å²) in [6, 6.07) is 9.72. The fourth-order valence-electron chi connectivity index (χ4n) is 4.13. The number of benzene rings is 1. The van der Waals surface area contributed by atoms with Gasteiger partial charge >= 0.3 is 0 Å². The Morgan fingerprint density at radius 1 is 1.18 bits per heavy atom. The van der Waals surface area contributed by atoms with Crippen LogP contribution in [0.15, 0.2) is 67.0 Å². The lowest BCUT2D eigenvalue weighted by molar-refractivity contribution is -0.140. The van der Waals surface area contributed by atoms with Crippen LogP contribution >= 0.6 is 0 Å². The number of amides is 1. The van der Waals surface area contributed by atoms with Crippen molar-refractivity contribution < 1.29 is 24.2 Å². The highest BCUT2D eigenvalue weighted by molar-refractivity contribution is 6.46. The predicted molar refractivity (Wildman–Crippen MR) is 123 cm³/mol. The number of pyridine rings is 1. The van der Waals surface area contributed by atoms with E-state index in [2.05, 4.69) is 16.5 Å². The Labute approximate surface area is 192 Å². The van der Waals surface area contributed by atoms with Gasteiger partial charge in [-0.05, 0) is 29.8 Å². The predicted octanol–water partition coefficient (Wildman–Crippen LogP) is 2.40. The van der Waals surface area contributed by atoms with Crippen molar-refractivity contribution in [2.75, 3.05) is 46.0 Å². The maximum absolute atomic E-state index is 13.1. The molecule has 0 bridgehead atoms. The van der Waals surface area contributed by atoms with Crippen LogP contribution in [0.5, 0.6) is 5.75 Å². The minimum Gasteiger partial charge on any atom is -0.507 e. The molecule has 2 aliphatic heterocycles. The van der Waals surface area contributed by atoms with Crippen LogP contribution in [-0.4, -0.2) is 77.6 Å². The summed E-state index contributed by atoms with van der Waals surface area (Å²) in [5.41, 5.74) is 1.18. The number of hydrogen-bond acceptors (Lipinski definition) is 7. The Morgan fingerprint density at radius 3 is 2.67 bits per heavy atom. The quantitative estimate of drug-likeness (QED) is 0.286. The van der Waals surface area contributed by atoms with E-state index in [1.54, 1.807) is 30.3 Å². The molecule has 3 heterocycles. The molecular weight excluding hydrogens is 422 g/mol. The summed E-state index contributed by atoms with van der Waals surface area (Å²) in [5, 5.41) is 11.1. The Kier molecular flexibility index (Phi) is 7.16. The summed E-state index contributed by atoms with van der Waals surface area (Å²) < 4.78 is 11.1. The van der Waals surface area contributed by atoms with Crippen LogP contribution in [0.2, 0.25) is 0 Å². The second kappa shape index (κ2) is 10.4. The van der Waals surface area contributed by atoms with Crippen molar-refractivity contribution in [2.24, 2.45) is 0 Å². The molecule has 2 saturated heterocycles. The van der Waals surface area contributed by atoms with E-state index >= 15 is 0 Å². The van der Waals surface area contributed by atoms with Crippen molar-refractivity contribution in [1.82, 2.24) is 14.8 Å². The summed E-state index contributed by atoms with van der Waals surface area (Å²) >= 11 is 0. The van der Waals surface area contributed by atoms with Gasteiger partial charge in [0.1, 0.15) is 18.1 Å². The van der Waals surface area contributed by atoms with Crippen molar-refractivity contribution in [3.63, 3.8) is 0 Å². The number of ether oxygens (including phenoxy) is 2. The summed E-state index contributed by atoms with van der Waals surface area (Å²) in [5.74, 6) is -0.947. The maximum Gasteiger partial charge on any atom is 0.295 e. The summed E-state index contributed by atoms with van der Waals surface area (Å²) in [6.45, 7) is 7.79. The molecule has 0 saturated carbocycles. The largest absolute Gasteiger partial charge is 0.507 e. The van der Waals surface area contributed by atoms with Crippen LogP contribution in [0.3, 0.4) is 0 Å². The Balaban J connectivity index is 1.73. The molecule has 172 valence electrons. The monoisotopic (exact) mass is 449 g/mol. The number of aliphatic hydroxyl groups excluding tert-OH is 1. The molecule has 33 heavy (non-hydrogen) atoms. The van der Waals surface area contributed by atoms with Gasteiger partial charge in [0.15, 0.2) is 0 Å². The number of morpholine rings is 1. The Bertz CT molecular complexity index is 1050. The van der Waals surface area contributed by atoms with Gasteiger partial charge in [0.25, 0.3) is 11.7 Å². The molecule has 2 fully saturated rings. The highest BCUT2D eigenvalue weighted by Crippen LogP contribution is 2.40. The van der Waals surface area contributed by atoms with E-state index in [1.165, 1.54) is 17.3 Å². The topological polar surface area (TPSA) is 92.2 Å². The molecule has 4 rings (SSSR count). The van der Waals surface area contributed by atoms with Gasteiger partial charge in [-0.1, -0.05) is 24.8 Å². The number of aliphatic hydroxyl groups is 1. The fourth-order valence-corrected chi connectivity index (χ4v) is 4.13. The lowest BCUT2D eigenvalue weighted by atomic mass is 9.95. The molecule has 8 nitrogen and oxygen atoms in total. The average molecular weight is 450 g/mol. The minimum atomic E-state index is -0.730. The number of hydrogen-bond donors (Lipinski definition) is 1. The van der Waals surface area contributed by atoms with Gasteiger partial charge in [-0.25, -0.2) is 0 Å². The third-order valence-electron chi connectivity index (χ3n) is 5.80. The van der Waals surface area contributed by atoms with Crippen molar-refractivity contribution in [1.29, 1.82) is 0 Å². The van der Waals surface area contributed by atoms with Crippen molar-refractivity contribution in [3.05, 3.63) is 78.1 Å². The fraction of sp³-hybridized carbons (Fsp3) is 0.320. The SMILES string of the molecule is C=CCOc1cccc(C2C(=C(O)c3ccncc3)C(=O)C(=O)N2CCN2CCOCC2)c1. The second-order valence-corrected chi connectivity index (χ2v) is 7.85. The van der Waals surface area contributed by atoms with E-state index in [1.807, 2.05) is 12.1 Å². The van der Waals surface area contributed by atoms with Gasteiger partial charge in [0.2, 0.25) is 0 Å². The molecule has 0 aliphatic carbocycles. The van der Waals surface area contributed by atoms with Crippen LogP contribution < -0.4 is 4.74 Å². The first kappa shape index (κ1) is 22.7. The molecule has 1 aromatic carbocycles. The zero-order chi connectivity index (χ0) is 23.2. The number of Topliss-reactive ketones (excluding diaryl/α,β-unsaturated/α-hetero) is 1. The van der Waals surface area contributed by atoms with Crippen LogP contribution in [0.4, 0.5) is 0 Å². The van der Waals surface area contributed by atoms with Gasteiger partial charge < -0.3 is 19.5 Å². The lowest BCUT2D eigenvalue weighted by Crippen LogP contribution is -2.42. The molecule has 0 radical (unpaired) electrons. The minimum absolute atomic E-state index is 0.0639. The third-order valence-corrected chi connectivity index (χ3v) is 5.80. The molecule has 2 aromatic rings. The van der Waals surface area contributed by atoms with Gasteiger partial charge in [0, 0.05) is 44.1 Å². The summed E-state index contributed by atoms with van der Waals surface area (Å²) in [6.07, 6.45) is 4.70. The van der Waals surface area contributed by atoms with E-state index in [0.29, 0.717) is 49.8 Å². The highest BCUT2D eigenvalue weighted by Gasteiger charge is 2.46. The van der Waals surface area contributed by atoms with E-state index in [9.17, 15) is 14.7 Å². The van der Waals surface area contributed by atoms with Gasteiger partial charge in [-0.15, -0.1) is 0 Å². The highest BCUT2D eigenvalue weighted by atomic mass is 16.5. The van der Waals surface area contributed by atoms with E-state index < -0.39 is 17.7 Å². The number of nitrogens with zero attached hydrogens (tertiary/aromatic N) is 3. The number of rotatable bonds is 8. The van der Waals surface area contributed by atoms with Crippen LogP contribution in [0.1, 0.15) is 17.2 Å². The zero-order valence-electron chi connectivity index (χ0n) is 18.4. The first-order valence-electron chi connectivity index (χ1n) is 10.9. The Morgan fingerprint density at radius 2 is 1.94 bits per heavy atom. The molecule has 1 unspecified atom stereocenters. The molecular formula is C25H27N3O5. The molecule has 2 aliphatic rings. The standard InChI is InChI=1S/C25H27N3O5/c1-2-14-33-20-5-3-4-19(17-20)22-21(23(29)18-6-8-26-9-7-18)24(30)25(31)28(22)11-10-27-12-15-32-16-13-27/h2-9,17,22,29H,1,10-16H2. The molecule has 1 aromatic heterocycles. The number of aromatic nitrogens is 1. The summed E-state index contributed by atoms with van der Waals surface area (Å²) in [7, 11) is 0. The molecule has 0 spiro atoms. The van der Waals surface area contributed by atoms with E-state index in [0.717, 1.165) is 13.1 Å². The van der Waals surface area contributed by atoms with Crippen molar-refractivity contribution in [2.45, 2.75) is 6.04 Å². The maximum atomic E-state index is 13.1. The van der Waals surface area contributed by atoms with Crippen molar-refractivity contribution >= 4 is 17.4 Å². The Hall–Kier alpha value is -3.49. The number of carbonyl (C=O) groups excluding carboxylic acids is 2. The van der Waals surface area contributed by atoms with Crippen LogP contribution in [0, 0.1) is 0 Å². The summed E-state index contributed by atoms with van der Waals surface area (Å²) in [4.78, 5) is 33.9. The normalized spacial score (nSPS) is 20.7. The van der Waals surface area contributed by atoms with Crippen LogP contribution in [-0.2, 0) is 14.3 Å². The average Bonchev–Trinajstić information content (AvgIpc) is 3.12. The number of likely N-dealkylation sites (tertiary alicyclic amines) is 1. The molecule has 1 N–H and O–H groups in total. The lowest BCUT2D eigenvalue weighted by Gasteiger charge is -2.31. The van der Waals surface area contributed by atoms with Gasteiger partial charge in [-0.3, -0.25) is 19.5 Å². The number of carbonyl (C=O) groups is 2. The second-order valence-electron chi connectivity index (χ2n) is 7.85. The van der Waals surface area contributed by atoms with Crippen molar-refractivity contribution in [3.8, 4) is 5.75 Å².